The maximum Gasteiger partial charge on any atom is 0.254 e. The van der Waals surface area contributed by atoms with Crippen LogP contribution in [0.4, 0.5) is 0 Å². The molecule has 2 heterocycles. The van der Waals surface area contributed by atoms with E-state index in [-0.39, 0.29) is 5.91 Å². The van der Waals surface area contributed by atoms with Gasteiger partial charge in [0, 0.05) is 30.5 Å². The van der Waals surface area contributed by atoms with Crippen molar-refractivity contribution in [2.24, 2.45) is 11.8 Å². The number of fused-ring (bicyclic) bond motifs is 1. The summed E-state index contributed by atoms with van der Waals surface area (Å²) >= 11 is 0. The summed E-state index contributed by atoms with van der Waals surface area (Å²) in [5.74, 6) is 1.88. The lowest BCUT2D eigenvalue weighted by Gasteiger charge is -2.17. The van der Waals surface area contributed by atoms with Gasteiger partial charge < -0.3 is 14.4 Å². The predicted octanol–water partition coefficient (Wildman–Crippen LogP) is 1.41. The zero-order chi connectivity index (χ0) is 12.5. The van der Waals surface area contributed by atoms with Gasteiger partial charge in [-0.3, -0.25) is 4.79 Å². The smallest absolute Gasteiger partial charge is 0.254 e. The number of amides is 1. The molecule has 0 spiro atoms. The lowest BCUT2D eigenvalue weighted by atomic mass is 10.0. The summed E-state index contributed by atoms with van der Waals surface area (Å²) in [7, 11) is 1.61. The van der Waals surface area contributed by atoms with E-state index < -0.39 is 0 Å². The van der Waals surface area contributed by atoms with Gasteiger partial charge in [-0.15, -0.1) is 0 Å². The Hall–Kier alpha value is -1.55. The molecule has 2 unspecified atom stereocenters. The Morgan fingerprint density at radius 3 is 2.72 bits per heavy atom. The van der Waals surface area contributed by atoms with Gasteiger partial charge >= 0.3 is 0 Å². The highest BCUT2D eigenvalue weighted by Gasteiger charge is 2.39. The second kappa shape index (κ2) is 4.61. The van der Waals surface area contributed by atoms with Crippen LogP contribution in [0.1, 0.15) is 10.4 Å². The first-order chi connectivity index (χ1) is 8.78. The second-order valence-electron chi connectivity index (χ2n) is 5.00. The highest BCUT2D eigenvalue weighted by molar-refractivity contribution is 5.94. The van der Waals surface area contributed by atoms with Gasteiger partial charge in [0.1, 0.15) is 5.75 Å². The molecule has 18 heavy (non-hydrogen) atoms. The SMILES string of the molecule is COc1cccc(C(=O)N2CC3COCC3C2)c1. The Morgan fingerprint density at radius 2 is 2.06 bits per heavy atom. The van der Waals surface area contributed by atoms with Gasteiger partial charge in [-0.05, 0) is 18.2 Å². The van der Waals surface area contributed by atoms with Crippen LogP contribution in [0.2, 0.25) is 0 Å². The van der Waals surface area contributed by atoms with E-state index in [4.69, 9.17) is 9.47 Å². The molecular weight excluding hydrogens is 230 g/mol. The van der Waals surface area contributed by atoms with Gasteiger partial charge in [0.25, 0.3) is 5.91 Å². The molecule has 0 radical (unpaired) electrons. The summed E-state index contributed by atoms with van der Waals surface area (Å²) < 4.78 is 10.6. The molecule has 4 heteroatoms. The van der Waals surface area contributed by atoms with Crippen molar-refractivity contribution in [3.63, 3.8) is 0 Å². The molecule has 4 nitrogen and oxygen atoms in total. The van der Waals surface area contributed by atoms with Gasteiger partial charge in [0.2, 0.25) is 0 Å². The normalized spacial score (nSPS) is 26.2. The van der Waals surface area contributed by atoms with E-state index in [1.54, 1.807) is 13.2 Å². The summed E-state index contributed by atoms with van der Waals surface area (Å²) in [4.78, 5) is 14.3. The van der Waals surface area contributed by atoms with E-state index >= 15 is 0 Å². The van der Waals surface area contributed by atoms with E-state index in [1.165, 1.54) is 0 Å². The zero-order valence-corrected chi connectivity index (χ0v) is 10.5. The van der Waals surface area contributed by atoms with Crippen molar-refractivity contribution in [3.8, 4) is 5.75 Å². The number of hydrogen-bond acceptors (Lipinski definition) is 3. The highest BCUT2D eigenvalue weighted by atomic mass is 16.5. The summed E-state index contributed by atoms with van der Waals surface area (Å²) in [5, 5.41) is 0. The average Bonchev–Trinajstić information content (AvgIpc) is 2.98. The van der Waals surface area contributed by atoms with Crippen LogP contribution in [0.5, 0.6) is 5.75 Å². The van der Waals surface area contributed by atoms with Gasteiger partial charge in [-0.2, -0.15) is 0 Å². The fraction of sp³-hybridized carbons (Fsp3) is 0.500. The zero-order valence-electron chi connectivity index (χ0n) is 10.5. The van der Waals surface area contributed by atoms with Crippen molar-refractivity contribution in [3.05, 3.63) is 29.8 Å². The number of methoxy groups -OCH3 is 1. The Balaban J connectivity index is 1.74. The number of ether oxygens (including phenoxy) is 2. The molecule has 2 fully saturated rings. The molecule has 2 aliphatic heterocycles. The van der Waals surface area contributed by atoms with Crippen LogP contribution >= 0.6 is 0 Å². The van der Waals surface area contributed by atoms with Crippen LogP contribution in [0.3, 0.4) is 0 Å². The quantitative estimate of drug-likeness (QED) is 0.793. The van der Waals surface area contributed by atoms with Gasteiger partial charge in [0.15, 0.2) is 0 Å². The summed E-state index contributed by atoms with van der Waals surface area (Å²) in [6, 6.07) is 7.35. The number of benzene rings is 1. The molecule has 1 amide bonds. The molecule has 0 saturated carbocycles. The van der Waals surface area contributed by atoms with Crippen molar-refractivity contribution in [1.82, 2.24) is 4.90 Å². The van der Waals surface area contributed by atoms with Gasteiger partial charge in [0.05, 0.1) is 20.3 Å². The molecule has 1 aromatic carbocycles. The summed E-state index contributed by atoms with van der Waals surface area (Å²) in [6.07, 6.45) is 0. The second-order valence-corrected chi connectivity index (χ2v) is 5.00. The lowest BCUT2D eigenvalue weighted by molar-refractivity contribution is 0.0751. The monoisotopic (exact) mass is 247 g/mol. The van der Waals surface area contributed by atoms with E-state index in [9.17, 15) is 4.79 Å². The average molecular weight is 247 g/mol. The Morgan fingerprint density at radius 1 is 1.33 bits per heavy atom. The van der Waals surface area contributed by atoms with Crippen LogP contribution in [0, 0.1) is 11.8 Å². The van der Waals surface area contributed by atoms with Crippen molar-refractivity contribution < 1.29 is 14.3 Å². The number of hydrogen-bond donors (Lipinski definition) is 0. The maximum atomic E-state index is 12.4. The molecule has 0 aromatic heterocycles. The first kappa shape index (κ1) is 11.5. The van der Waals surface area contributed by atoms with Crippen LogP contribution in [0.25, 0.3) is 0 Å². The number of carbonyl (C=O) groups excluding carboxylic acids is 1. The minimum Gasteiger partial charge on any atom is -0.497 e. The molecule has 3 rings (SSSR count). The van der Waals surface area contributed by atoms with E-state index in [0.717, 1.165) is 32.1 Å². The standard InChI is InChI=1S/C14H17NO3/c1-17-13-4-2-3-10(5-13)14(16)15-6-11-8-18-9-12(11)7-15/h2-5,11-12H,6-9H2,1H3. The lowest BCUT2D eigenvalue weighted by Crippen LogP contribution is -2.30. The number of likely N-dealkylation sites (tertiary alicyclic amines) is 1. The third-order valence-corrected chi connectivity index (χ3v) is 3.84. The summed E-state index contributed by atoms with van der Waals surface area (Å²) in [5.41, 5.74) is 0.704. The van der Waals surface area contributed by atoms with Crippen LogP contribution in [-0.4, -0.2) is 44.2 Å². The molecule has 1 aromatic rings. The maximum absolute atomic E-state index is 12.4. The first-order valence-electron chi connectivity index (χ1n) is 6.29. The topological polar surface area (TPSA) is 38.8 Å². The predicted molar refractivity (Wildman–Crippen MR) is 66.7 cm³/mol. The minimum absolute atomic E-state index is 0.100. The van der Waals surface area contributed by atoms with E-state index in [2.05, 4.69) is 0 Å². The van der Waals surface area contributed by atoms with Gasteiger partial charge in [-0.1, -0.05) is 6.07 Å². The van der Waals surface area contributed by atoms with Crippen molar-refractivity contribution in [1.29, 1.82) is 0 Å². The van der Waals surface area contributed by atoms with Crippen molar-refractivity contribution in [2.75, 3.05) is 33.4 Å². The van der Waals surface area contributed by atoms with Crippen LogP contribution in [-0.2, 0) is 4.74 Å². The molecule has 0 bridgehead atoms. The minimum atomic E-state index is 0.100. The molecule has 2 atom stereocenters. The molecular formula is C14H17NO3. The largest absolute Gasteiger partial charge is 0.497 e. The third-order valence-electron chi connectivity index (χ3n) is 3.84. The highest BCUT2D eigenvalue weighted by Crippen LogP contribution is 2.30. The molecule has 96 valence electrons. The van der Waals surface area contributed by atoms with Crippen LogP contribution < -0.4 is 4.74 Å². The van der Waals surface area contributed by atoms with Crippen LogP contribution in [0.15, 0.2) is 24.3 Å². The Labute approximate surface area is 106 Å². The van der Waals surface area contributed by atoms with Crippen molar-refractivity contribution in [2.45, 2.75) is 0 Å². The first-order valence-corrected chi connectivity index (χ1v) is 6.29. The Kier molecular flexibility index (Phi) is 2.96. The summed E-state index contributed by atoms with van der Waals surface area (Å²) in [6.45, 7) is 3.24. The fourth-order valence-corrected chi connectivity index (χ4v) is 2.79. The van der Waals surface area contributed by atoms with Crippen molar-refractivity contribution >= 4 is 5.91 Å². The molecule has 0 N–H and O–H groups in total. The Bertz CT molecular complexity index is 448. The number of nitrogens with zero attached hydrogens (tertiary/aromatic N) is 1. The number of carbonyl (C=O) groups is 1. The molecule has 2 aliphatic rings. The third kappa shape index (κ3) is 1.97. The van der Waals surface area contributed by atoms with E-state index in [1.807, 2.05) is 23.1 Å². The number of rotatable bonds is 2. The van der Waals surface area contributed by atoms with E-state index in [0.29, 0.717) is 17.4 Å². The molecule has 2 saturated heterocycles. The fourth-order valence-electron chi connectivity index (χ4n) is 2.79. The van der Waals surface area contributed by atoms with Gasteiger partial charge in [-0.25, -0.2) is 0 Å². The molecule has 0 aliphatic carbocycles.